The summed E-state index contributed by atoms with van der Waals surface area (Å²) in [6.45, 7) is 0. The van der Waals surface area contributed by atoms with Crippen molar-refractivity contribution in [2.24, 2.45) is 14.1 Å². The number of aryl methyl sites for hydroxylation is 2. The molecule has 7 aromatic rings. The molecular formula is C29H20F2N6O2. The predicted octanol–water partition coefficient (Wildman–Crippen LogP) is 6.01. The summed E-state index contributed by atoms with van der Waals surface area (Å²) in [4.78, 5) is 17.0. The minimum atomic E-state index is -1.06. The fourth-order valence-electron chi connectivity index (χ4n) is 5.00. The Hall–Kier alpha value is -5.25. The average Bonchev–Trinajstić information content (AvgIpc) is 3.69. The van der Waals surface area contributed by atoms with E-state index in [1.54, 1.807) is 27.4 Å². The number of ketones is 1. The zero-order valence-corrected chi connectivity index (χ0v) is 20.8. The maximum atomic E-state index is 14.1. The molecule has 0 radical (unpaired) electrons. The van der Waals surface area contributed by atoms with Crippen LogP contribution >= 0.6 is 0 Å². The van der Waals surface area contributed by atoms with Crippen LogP contribution in [0.15, 0.2) is 79.1 Å². The Morgan fingerprint density at radius 1 is 0.974 bits per heavy atom. The Balaban J connectivity index is 1.29. The molecule has 4 aromatic heterocycles. The van der Waals surface area contributed by atoms with E-state index in [4.69, 9.17) is 4.74 Å². The smallest absolute Gasteiger partial charge is 0.214 e. The van der Waals surface area contributed by atoms with E-state index in [0.29, 0.717) is 33.7 Å². The van der Waals surface area contributed by atoms with E-state index in [-0.39, 0.29) is 11.5 Å². The van der Waals surface area contributed by atoms with Crippen LogP contribution < -0.4 is 4.74 Å². The molecule has 0 spiro atoms. The van der Waals surface area contributed by atoms with Gasteiger partial charge in [-0.15, -0.1) is 0 Å². The lowest BCUT2D eigenvalue weighted by atomic mass is 10.1. The van der Waals surface area contributed by atoms with Crippen LogP contribution in [-0.2, 0) is 14.1 Å². The number of hydrogen-bond donors (Lipinski definition) is 1. The van der Waals surface area contributed by atoms with Gasteiger partial charge >= 0.3 is 0 Å². The SMILES string of the molecule is Cn1ccc(-c2cccc3c2cc(C(=O)c2cnn4c2[nH]c2cc(Oc5cccc(F)c5F)ccc24)n3C)n1. The summed E-state index contributed by atoms with van der Waals surface area (Å²) in [5, 5.41) is 9.89. The highest BCUT2D eigenvalue weighted by Gasteiger charge is 2.23. The van der Waals surface area contributed by atoms with Gasteiger partial charge in [0.1, 0.15) is 11.4 Å². The Bertz CT molecular complexity index is 2080. The molecule has 0 amide bonds. The molecule has 39 heavy (non-hydrogen) atoms. The summed E-state index contributed by atoms with van der Waals surface area (Å²) in [5.41, 5.74) is 5.42. The number of aromatic amines is 1. The van der Waals surface area contributed by atoms with Gasteiger partial charge in [-0.05, 0) is 42.5 Å². The maximum Gasteiger partial charge on any atom is 0.214 e. The van der Waals surface area contributed by atoms with Crippen molar-refractivity contribution in [2.75, 3.05) is 0 Å². The number of halogens is 2. The zero-order chi connectivity index (χ0) is 26.8. The molecule has 0 fully saturated rings. The number of fused-ring (bicyclic) bond motifs is 4. The Morgan fingerprint density at radius 2 is 1.82 bits per heavy atom. The highest BCUT2D eigenvalue weighted by atomic mass is 19.2. The first-order valence-electron chi connectivity index (χ1n) is 12.1. The molecule has 1 N–H and O–H groups in total. The summed E-state index contributed by atoms with van der Waals surface area (Å²) in [7, 11) is 3.73. The number of hydrogen-bond acceptors (Lipinski definition) is 4. The lowest BCUT2D eigenvalue weighted by Gasteiger charge is -2.07. The lowest BCUT2D eigenvalue weighted by Crippen LogP contribution is -2.06. The van der Waals surface area contributed by atoms with Gasteiger partial charge in [0.2, 0.25) is 11.6 Å². The molecule has 192 valence electrons. The third kappa shape index (κ3) is 3.52. The highest BCUT2D eigenvalue weighted by molar-refractivity contribution is 6.15. The highest BCUT2D eigenvalue weighted by Crippen LogP contribution is 2.32. The quantitative estimate of drug-likeness (QED) is 0.281. The number of carbonyl (C=O) groups is 1. The van der Waals surface area contributed by atoms with E-state index in [1.807, 2.05) is 55.2 Å². The molecule has 10 heteroatoms. The molecule has 0 unspecified atom stereocenters. The van der Waals surface area contributed by atoms with Crippen LogP contribution in [0.3, 0.4) is 0 Å². The number of carbonyl (C=O) groups excluding carboxylic acids is 1. The summed E-state index contributed by atoms with van der Waals surface area (Å²) < 4.78 is 38.5. The number of ether oxygens (including phenoxy) is 1. The fourth-order valence-corrected chi connectivity index (χ4v) is 5.00. The topological polar surface area (TPSA) is 82.1 Å². The monoisotopic (exact) mass is 522 g/mol. The Morgan fingerprint density at radius 3 is 2.64 bits per heavy atom. The standard InChI is InChI=1S/C29H20F2N6O2/c1-35-12-11-21(34-35)17-5-3-7-23-18(17)14-25(36(23)2)28(38)19-15-32-37-24-10-9-16(13-22(24)33-29(19)37)39-26-8-4-6-20(30)27(26)31/h3-15,33H,1-2H3. The van der Waals surface area contributed by atoms with Gasteiger partial charge in [-0.25, -0.2) is 8.91 Å². The normalized spacial score (nSPS) is 11.7. The molecule has 0 saturated heterocycles. The van der Waals surface area contributed by atoms with Crippen molar-refractivity contribution in [3.63, 3.8) is 0 Å². The molecule has 3 aromatic carbocycles. The van der Waals surface area contributed by atoms with Crippen molar-refractivity contribution in [1.82, 2.24) is 28.9 Å². The second kappa shape index (κ2) is 8.38. The molecule has 0 saturated carbocycles. The predicted molar refractivity (Wildman–Crippen MR) is 142 cm³/mol. The second-order valence-corrected chi connectivity index (χ2v) is 9.31. The van der Waals surface area contributed by atoms with Crippen LogP contribution in [0.25, 0.3) is 38.8 Å². The maximum absolute atomic E-state index is 14.1. The van der Waals surface area contributed by atoms with Crippen LogP contribution in [0.4, 0.5) is 8.78 Å². The summed E-state index contributed by atoms with van der Waals surface area (Å²) >= 11 is 0. The first-order valence-corrected chi connectivity index (χ1v) is 12.1. The van der Waals surface area contributed by atoms with Gasteiger partial charge in [0.05, 0.1) is 34.2 Å². The zero-order valence-electron chi connectivity index (χ0n) is 20.8. The van der Waals surface area contributed by atoms with Gasteiger partial charge in [-0.3, -0.25) is 9.48 Å². The molecule has 0 aliphatic heterocycles. The van der Waals surface area contributed by atoms with Crippen molar-refractivity contribution < 1.29 is 18.3 Å². The molecular weight excluding hydrogens is 502 g/mol. The minimum absolute atomic E-state index is 0.194. The number of benzene rings is 3. The molecule has 8 nitrogen and oxygen atoms in total. The van der Waals surface area contributed by atoms with Crippen molar-refractivity contribution in [1.29, 1.82) is 0 Å². The van der Waals surface area contributed by atoms with E-state index in [1.165, 1.54) is 18.3 Å². The van der Waals surface area contributed by atoms with Crippen molar-refractivity contribution in [3.8, 4) is 22.8 Å². The average molecular weight is 523 g/mol. The van der Waals surface area contributed by atoms with Gasteiger partial charge < -0.3 is 14.3 Å². The van der Waals surface area contributed by atoms with Crippen molar-refractivity contribution in [3.05, 3.63) is 102 Å². The molecule has 0 bridgehead atoms. The molecule has 0 aliphatic rings. The van der Waals surface area contributed by atoms with Gasteiger partial charge in [0, 0.05) is 42.8 Å². The van der Waals surface area contributed by atoms with E-state index >= 15 is 0 Å². The van der Waals surface area contributed by atoms with Crippen molar-refractivity contribution >= 4 is 33.4 Å². The van der Waals surface area contributed by atoms with Crippen LogP contribution in [0, 0.1) is 11.6 Å². The first kappa shape index (κ1) is 22.9. The number of imidazole rings is 1. The third-order valence-corrected chi connectivity index (χ3v) is 6.92. The minimum Gasteiger partial charge on any atom is -0.454 e. The number of aromatic nitrogens is 6. The van der Waals surface area contributed by atoms with Crippen LogP contribution in [0.5, 0.6) is 11.5 Å². The van der Waals surface area contributed by atoms with Gasteiger partial charge in [-0.1, -0.05) is 18.2 Å². The number of H-pyrrole nitrogens is 1. The number of nitrogens with one attached hydrogen (secondary N) is 1. The second-order valence-electron chi connectivity index (χ2n) is 9.31. The van der Waals surface area contributed by atoms with Gasteiger partial charge in [-0.2, -0.15) is 14.6 Å². The number of rotatable bonds is 5. The Labute approximate surface area is 219 Å². The summed E-state index contributed by atoms with van der Waals surface area (Å²) in [5.74, 6) is -2.16. The molecule has 0 aliphatic carbocycles. The van der Waals surface area contributed by atoms with Gasteiger partial charge in [0.15, 0.2) is 11.6 Å². The van der Waals surface area contributed by atoms with Crippen LogP contribution in [0.1, 0.15) is 16.1 Å². The molecule has 0 atom stereocenters. The molecule has 4 heterocycles. The van der Waals surface area contributed by atoms with E-state index in [0.717, 1.165) is 28.2 Å². The third-order valence-electron chi connectivity index (χ3n) is 6.92. The molecule has 7 rings (SSSR count). The van der Waals surface area contributed by atoms with Gasteiger partial charge in [0.25, 0.3) is 0 Å². The fraction of sp³-hybridized carbons (Fsp3) is 0.0690. The first-order chi connectivity index (χ1) is 18.9. The van der Waals surface area contributed by atoms with Crippen LogP contribution in [-0.4, -0.2) is 34.7 Å². The summed E-state index contributed by atoms with van der Waals surface area (Å²) in [6.07, 6.45) is 3.42. The van der Waals surface area contributed by atoms with Crippen LogP contribution in [0.2, 0.25) is 0 Å². The van der Waals surface area contributed by atoms with E-state index in [2.05, 4.69) is 15.2 Å². The Kier molecular flexibility index (Phi) is 4.93. The number of nitrogens with zero attached hydrogens (tertiary/aromatic N) is 5. The van der Waals surface area contributed by atoms with Crippen molar-refractivity contribution in [2.45, 2.75) is 0 Å². The lowest BCUT2D eigenvalue weighted by molar-refractivity contribution is 0.103. The largest absolute Gasteiger partial charge is 0.454 e. The van der Waals surface area contributed by atoms with E-state index in [9.17, 15) is 13.6 Å². The summed E-state index contributed by atoms with van der Waals surface area (Å²) in [6, 6.07) is 18.5. The van der Waals surface area contributed by atoms with E-state index < -0.39 is 11.6 Å².